The Hall–Kier alpha value is -2.42. The number of carbonyl (C=O) groups excluding carboxylic acids is 1. The molecule has 0 saturated heterocycles. The zero-order valence-corrected chi connectivity index (χ0v) is 19.5. The summed E-state index contributed by atoms with van der Waals surface area (Å²) in [6, 6.07) is 5.58. The Morgan fingerprint density at radius 3 is 2.59 bits per heavy atom. The summed E-state index contributed by atoms with van der Waals surface area (Å²) >= 11 is 1.24. The molecule has 2 aromatic rings. The Morgan fingerprint density at radius 2 is 1.97 bits per heavy atom. The van der Waals surface area contributed by atoms with Gasteiger partial charge in [-0.1, -0.05) is 28.6 Å². The van der Waals surface area contributed by atoms with Gasteiger partial charge < -0.3 is 19.4 Å². The second kappa shape index (κ2) is 12.6. The first kappa shape index (κ1) is 25.8. The fourth-order valence-corrected chi connectivity index (χ4v) is 4.08. The van der Waals surface area contributed by atoms with E-state index in [-0.39, 0.29) is 30.4 Å². The summed E-state index contributed by atoms with van der Waals surface area (Å²) < 4.78 is 36.9. The number of oxime groups is 1. The van der Waals surface area contributed by atoms with Crippen LogP contribution in [-0.2, 0) is 35.7 Å². The number of nitrogens with zero attached hydrogens (tertiary/aromatic N) is 2. The lowest BCUT2D eigenvalue weighted by atomic mass is 10.1. The molecule has 0 spiro atoms. The molecule has 11 nitrogen and oxygen atoms in total. The highest BCUT2D eigenvalue weighted by Gasteiger charge is 2.20. The monoisotopic (exact) mass is 486 g/mol. The molecule has 0 saturated carbocycles. The van der Waals surface area contributed by atoms with Gasteiger partial charge >= 0.3 is 0 Å². The van der Waals surface area contributed by atoms with Gasteiger partial charge in [-0.25, -0.2) is 18.1 Å². The highest BCUT2D eigenvalue weighted by atomic mass is 32.2. The number of anilines is 1. The molecule has 0 bridgehead atoms. The molecule has 1 atom stereocenters. The maximum Gasteiger partial charge on any atom is 0.280 e. The molecule has 13 heteroatoms. The van der Waals surface area contributed by atoms with Crippen molar-refractivity contribution in [3.8, 4) is 0 Å². The van der Waals surface area contributed by atoms with Gasteiger partial charge in [0.15, 0.2) is 10.8 Å². The zero-order valence-electron chi connectivity index (χ0n) is 17.9. The molecular weight excluding hydrogens is 460 g/mol. The summed E-state index contributed by atoms with van der Waals surface area (Å²) in [7, 11) is -0.705. The minimum absolute atomic E-state index is 0.0193. The Kier molecular flexibility index (Phi) is 10.2. The van der Waals surface area contributed by atoms with Crippen molar-refractivity contribution >= 4 is 38.1 Å². The minimum Gasteiger partial charge on any atom is -0.392 e. The summed E-state index contributed by atoms with van der Waals surface area (Å²) in [5.74, 6) is -0.609. The van der Waals surface area contributed by atoms with E-state index in [0.29, 0.717) is 17.3 Å². The number of amides is 1. The first-order valence-electron chi connectivity index (χ1n) is 9.49. The number of thiazole rings is 1. The molecule has 0 aliphatic rings. The predicted molar refractivity (Wildman–Crippen MR) is 119 cm³/mol. The number of methoxy groups -OCH3 is 2. The highest BCUT2D eigenvalue weighted by Crippen LogP contribution is 2.19. The van der Waals surface area contributed by atoms with Crippen LogP contribution >= 0.6 is 11.3 Å². The molecule has 0 aliphatic carbocycles. The molecule has 32 heavy (non-hydrogen) atoms. The van der Waals surface area contributed by atoms with Crippen LogP contribution < -0.4 is 10.0 Å². The van der Waals surface area contributed by atoms with Gasteiger partial charge in [0.1, 0.15) is 6.10 Å². The molecule has 0 radical (unpaired) electrons. The standard InChI is InChI=1S/C19H26N4O7S2/c1-13(11-24)30-23-17(18(25)22-19-20-10-15(31-19)12-29-3)14-4-6-16(7-5-14)32(26,27)21-8-9-28-2/h4-7,10,13,21,24H,8-9,11-12H2,1-3H3,(H,20,22,25)/t13-/m1/s1. The van der Waals surface area contributed by atoms with E-state index in [9.17, 15) is 13.2 Å². The van der Waals surface area contributed by atoms with Gasteiger partial charge in [-0.05, 0) is 19.1 Å². The van der Waals surface area contributed by atoms with Crippen LogP contribution in [0, 0.1) is 0 Å². The molecule has 1 aromatic heterocycles. The van der Waals surface area contributed by atoms with Crippen molar-refractivity contribution < 1.29 is 32.6 Å². The number of hydrogen-bond acceptors (Lipinski definition) is 10. The molecule has 2 rings (SSSR count). The van der Waals surface area contributed by atoms with Gasteiger partial charge in [0, 0.05) is 32.5 Å². The van der Waals surface area contributed by atoms with Gasteiger partial charge in [-0.15, -0.1) is 0 Å². The number of benzene rings is 1. The number of nitrogens with one attached hydrogen (secondary N) is 2. The minimum atomic E-state index is -3.73. The van der Waals surface area contributed by atoms with Gasteiger partial charge in [0.2, 0.25) is 10.0 Å². The van der Waals surface area contributed by atoms with Gasteiger partial charge in [-0.2, -0.15) is 0 Å². The van der Waals surface area contributed by atoms with Crippen molar-refractivity contribution in [2.75, 3.05) is 39.3 Å². The number of sulfonamides is 1. The smallest absolute Gasteiger partial charge is 0.280 e. The van der Waals surface area contributed by atoms with Crippen molar-refractivity contribution in [3.05, 3.63) is 40.9 Å². The molecular formula is C19H26N4O7S2. The van der Waals surface area contributed by atoms with Crippen LogP contribution in [0.3, 0.4) is 0 Å². The van der Waals surface area contributed by atoms with Crippen molar-refractivity contribution in [3.63, 3.8) is 0 Å². The number of aromatic nitrogens is 1. The van der Waals surface area contributed by atoms with Crippen molar-refractivity contribution in [2.24, 2.45) is 5.16 Å². The maximum atomic E-state index is 12.8. The third-order valence-electron chi connectivity index (χ3n) is 3.89. The number of carbonyl (C=O) groups is 1. The normalized spacial score (nSPS) is 13.1. The maximum absolute atomic E-state index is 12.8. The number of aliphatic hydroxyl groups is 1. The van der Waals surface area contributed by atoms with Crippen LogP contribution in [0.25, 0.3) is 0 Å². The van der Waals surface area contributed by atoms with Crippen LogP contribution in [0.15, 0.2) is 40.5 Å². The summed E-state index contributed by atoms with van der Waals surface area (Å²) in [5.41, 5.74) is 0.210. The lowest BCUT2D eigenvalue weighted by Crippen LogP contribution is -2.27. The van der Waals surface area contributed by atoms with E-state index in [1.807, 2.05) is 0 Å². The quantitative estimate of drug-likeness (QED) is 0.215. The third-order valence-corrected chi connectivity index (χ3v) is 6.26. The fourth-order valence-electron chi connectivity index (χ4n) is 2.29. The number of aliphatic hydroxyl groups excluding tert-OH is 1. The molecule has 0 fully saturated rings. The van der Waals surface area contributed by atoms with E-state index in [1.165, 1.54) is 42.7 Å². The SMILES string of the molecule is COCCNS(=O)(=O)c1ccc(C(=NO[C@H](C)CO)C(=O)Nc2ncc(COC)s2)cc1. The first-order valence-corrected chi connectivity index (χ1v) is 11.8. The van der Waals surface area contributed by atoms with E-state index >= 15 is 0 Å². The molecule has 3 N–H and O–H groups in total. The second-order valence-corrected chi connectivity index (χ2v) is 9.35. The molecule has 176 valence electrons. The van der Waals surface area contributed by atoms with Crippen molar-refractivity contribution in [1.29, 1.82) is 0 Å². The highest BCUT2D eigenvalue weighted by molar-refractivity contribution is 7.89. The van der Waals surface area contributed by atoms with Crippen LogP contribution in [0.5, 0.6) is 0 Å². The lowest BCUT2D eigenvalue weighted by Gasteiger charge is -2.11. The van der Waals surface area contributed by atoms with Gasteiger partial charge in [-0.3, -0.25) is 10.1 Å². The zero-order chi connectivity index (χ0) is 23.6. The second-order valence-electron chi connectivity index (χ2n) is 6.47. The summed E-state index contributed by atoms with van der Waals surface area (Å²) in [4.78, 5) is 23.0. The molecule has 1 amide bonds. The Balaban J connectivity index is 2.24. The third kappa shape index (κ3) is 7.62. The number of hydrogen-bond donors (Lipinski definition) is 3. The first-order chi connectivity index (χ1) is 15.3. The molecule has 1 heterocycles. The van der Waals surface area contributed by atoms with E-state index in [0.717, 1.165) is 4.88 Å². The predicted octanol–water partition coefficient (Wildman–Crippen LogP) is 0.954. The number of rotatable bonds is 13. The van der Waals surface area contributed by atoms with Crippen molar-refractivity contribution in [2.45, 2.75) is 24.5 Å². The lowest BCUT2D eigenvalue weighted by molar-refractivity contribution is -0.110. The Bertz CT molecular complexity index is 1010. The largest absolute Gasteiger partial charge is 0.392 e. The van der Waals surface area contributed by atoms with Gasteiger partial charge in [0.25, 0.3) is 5.91 Å². The van der Waals surface area contributed by atoms with Gasteiger partial charge in [0.05, 0.1) is 29.6 Å². The average Bonchev–Trinajstić information content (AvgIpc) is 3.21. The number of ether oxygens (including phenoxy) is 2. The summed E-state index contributed by atoms with van der Waals surface area (Å²) in [5, 5.41) is 16.0. The van der Waals surface area contributed by atoms with Crippen LogP contribution in [0.2, 0.25) is 0 Å². The average molecular weight is 487 g/mol. The Labute approximate surface area is 190 Å². The topological polar surface area (TPSA) is 148 Å². The summed E-state index contributed by atoms with van der Waals surface area (Å²) in [6.45, 7) is 2.01. The molecule has 0 aliphatic heterocycles. The van der Waals surface area contributed by atoms with E-state index in [1.54, 1.807) is 20.2 Å². The van der Waals surface area contributed by atoms with E-state index in [2.05, 4.69) is 20.2 Å². The van der Waals surface area contributed by atoms with Crippen molar-refractivity contribution in [1.82, 2.24) is 9.71 Å². The molecule has 1 aromatic carbocycles. The van der Waals surface area contributed by atoms with Crippen LogP contribution in [0.1, 0.15) is 17.4 Å². The van der Waals surface area contributed by atoms with Crippen LogP contribution in [-0.4, -0.2) is 70.2 Å². The van der Waals surface area contributed by atoms with E-state index < -0.39 is 22.0 Å². The summed E-state index contributed by atoms with van der Waals surface area (Å²) in [6.07, 6.45) is 0.942. The Morgan fingerprint density at radius 1 is 1.25 bits per heavy atom. The van der Waals surface area contributed by atoms with Crippen LogP contribution in [0.4, 0.5) is 5.13 Å². The molecule has 0 unspecified atom stereocenters. The fraction of sp³-hybridized carbons (Fsp3) is 0.421. The van der Waals surface area contributed by atoms with E-state index in [4.69, 9.17) is 19.4 Å².